The summed E-state index contributed by atoms with van der Waals surface area (Å²) in [6.45, 7) is 6.74. The number of rotatable bonds is 6. The molecule has 0 unspecified atom stereocenters. The van der Waals surface area contributed by atoms with Crippen molar-refractivity contribution in [3.63, 3.8) is 0 Å². The highest BCUT2D eigenvalue weighted by Crippen LogP contribution is 2.36. The zero-order valence-corrected chi connectivity index (χ0v) is 16.6. The number of nitrogens with two attached hydrogens (primary N) is 1. The van der Waals surface area contributed by atoms with E-state index in [0.29, 0.717) is 11.6 Å². The van der Waals surface area contributed by atoms with Crippen LogP contribution in [0, 0.1) is 0 Å². The molecule has 1 aliphatic heterocycles. The minimum atomic E-state index is 0.0560. The number of nitrogens with zero attached hydrogens (tertiary/aromatic N) is 4. The first-order valence-electron chi connectivity index (χ1n) is 9.43. The first kappa shape index (κ1) is 19.6. The Morgan fingerprint density at radius 1 is 1.30 bits per heavy atom. The van der Waals surface area contributed by atoms with E-state index < -0.39 is 0 Å². The molecule has 0 saturated carbocycles. The maximum absolute atomic E-state index is 12.6. The smallest absolute Gasteiger partial charge is 0.236 e. The maximum atomic E-state index is 12.6. The van der Waals surface area contributed by atoms with Crippen LogP contribution in [0.1, 0.15) is 38.4 Å². The predicted octanol–water partition coefficient (Wildman–Crippen LogP) is 3.38. The fourth-order valence-corrected chi connectivity index (χ4v) is 3.82. The number of benzene rings is 1. The van der Waals surface area contributed by atoms with Crippen molar-refractivity contribution in [3.8, 4) is 11.1 Å². The third kappa shape index (κ3) is 4.39. The van der Waals surface area contributed by atoms with Gasteiger partial charge in [-0.15, -0.1) is 0 Å². The Kier molecular flexibility index (Phi) is 6.29. The van der Waals surface area contributed by atoms with E-state index in [-0.39, 0.29) is 17.9 Å². The number of carbonyl (C=O) groups is 1. The molecule has 1 amide bonds. The summed E-state index contributed by atoms with van der Waals surface area (Å²) in [5.41, 5.74) is 8.72. The van der Waals surface area contributed by atoms with Crippen molar-refractivity contribution in [2.45, 2.75) is 32.7 Å². The van der Waals surface area contributed by atoms with Gasteiger partial charge >= 0.3 is 0 Å². The van der Waals surface area contributed by atoms with E-state index in [1.54, 1.807) is 6.20 Å². The minimum absolute atomic E-state index is 0.0560. The lowest BCUT2D eigenvalue weighted by Crippen LogP contribution is -2.40. The molecular weight excluding hydrogens is 362 g/mol. The van der Waals surface area contributed by atoms with Gasteiger partial charge in [-0.05, 0) is 50.9 Å². The second-order valence-corrected chi connectivity index (χ2v) is 7.16. The molecule has 1 aliphatic rings. The van der Waals surface area contributed by atoms with Crippen LogP contribution >= 0.6 is 11.6 Å². The van der Waals surface area contributed by atoms with Crippen molar-refractivity contribution in [3.05, 3.63) is 41.2 Å². The Labute approximate surface area is 165 Å². The lowest BCUT2D eigenvalue weighted by Gasteiger charge is -2.28. The van der Waals surface area contributed by atoms with Crippen LogP contribution in [0.15, 0.2) is 30.5 Å². The Morgan fingerprint density at radius 3 is 2.67 bits per heavy atom. The number of hydrogen-bond donors (Lipinski definition) is 1. The van der Waals surface area contributed by atoms with Gasteiger partial charge in [-0.1, -0.05) is 23.7 Å². The first-order chi connectivity index (χ1) is 13.0. The van der Waals surface area contributed by atoms with E-state index in [9.17, 15) is 4.79 Å². The van der Waals surface area contributed by atoms with Gasteiger partial charge in [-0.2, -0.15) is 0 Å². The molecule has 0 spiro atoms. The minimum Gasteiger partial charge on any atom is -0.368 e. The topological polar surface area (TPSA) is 75.4 Å². The van der Waals surface area contributed by atoms with E-state index in [1.807, 2.05) is 43.0 Å². The average Bonchev–Trinajstić information content (AvgIpc) is 3.11. The summed E-state index contributed by atoms with van der Waals surface area (Å²) in [5.74, 6) is 0.409. The summed E-state index contributed by atoms with van der Waals surface area (Å²) < 4.78 is 0. The van der Waals surface area contributed by atoms with Crippen LogP contribution in [0.3, 0.4) is 0 Å². The van der Waals surface area contributed by atoms with Crippen LogP contribution < -0.4 is 5.73 Å². The zero-order valence-electron chi connectivity index (χ0n) is 15.9. The van der Waals surface area contributed by atoms with E-state index >= 15 is 0 Å². The van der Waals surface area contributed by atoms with Crippen molar-refractivity contribution < 1.29 is 4.79 Å². The van der Waals surface area contributed by atoms with Crippen molar-refractivity contribution >= 4 is 23.5 Å². The van der Waals surface area contributed by atoms with Crippen molar-refractivity contribution in [2.24, 2.45) is 0 Å². The van der Waals surface area contributed by atoms with E-state index in [2.05, 4.69) is 14.9 Å². The number of likely N-dealkylation sites (N-methyl/N-ethyl adjacent to an activating group) is 1. The fraction of sp³-hybridized carbons (Fsp3) is 0.450. The molecule has 0 aliphatic carbocycles. The molecule has 6 nitrogen and oxygen atoms in total. The normalized spacial score (nSPS) is 17.2. The van der Waals surface area contributed by atoms with Gasteiger partial charge in [0.05, 0.1) is 18.3 Å². The van der Waals surface area contributed by atoms with Gasteiger partial charge in [0.15, 0.2) is 0 Å². The molecule has 2 heterocycles. The lowest BCUT2D eigenvalue weighted by molar-refractivity contribution is -0.132. The van der Waals surface area contributed by atoms with Crippen LogP contribution in [-0.2, 0) is 4.79 Å². The molecule has 3 rings (SSSR count). The summed E-state index contributed by atoms with van der Waals surface area (Å²) in [4.78, 5) is 25.4. The summed E-state index contributed by atoms with van der Waals surface area (Å²) in [5, 5.41) is 0.684. The van der Waals surface area contributed by atoms with Gasteiger partial charge in [-0.3, -0.25) is 9.69 Å². The Morgan fingerprint density at radius 2 is 2.00 bits per heavy atom. The summed E-state index contributed by atoms with van der Waals surface area (Å²) in [6, 6.07) is 7.68. The van der Waals surface area contributed by atoms with Gasteiger partial charge in [0, 0.05) is 29.9 Å². The van der Waals surface area contributed by atoms with E-state index in [4.69, 9.17) is 17.3 Å². The van der Waals surface area contributed by atoms with Gasteiger partial charge < -0.3 is 10.6 Å². The quantitative estimate of drug-likeness (QED) is 0.822. The molecule has 0 radical (unpaired) electrons. The molecule has 1 fully saturated rings. The summed E-state index contributed by atoms with van der Waals surface area (Å²) in [6.07, 6.45) is 3.74. The van der Waals surface area contributed by atoms with Gasteiger partial charge in [0.25, 0.3) is 0 Å². The monoisotopic (exact) mass is 387 g/mol. The Balaban J connectivity index is 1.91. The third-order valence-corrected chi connectivity index (χ3v) is 5.38. The number of halogens is 1. The molecule has 7 heteroatoms. The van der Waals surface area contributed by atoms with Crippen molar-refractivity contribution in [1.29, 1.82) is 0 Å². The van der Waals surface area contributed by atoms with Gasteiger partial charge in [0.1, 0.15) is 0 Å². The number of anilines is 1. The molecule has 0 bridgehead atoms. The molecule has 2 N–H and O–H groups in total. The number of likely N-dealkylation sites (tertiary alicyclic amines) is 1. The standard InChI is InChI=1S/C20H26ClN5O/c1-3-25(4-2)18(27)13-26-11-5-6-17(26)19-16(12-23-20(22)24-19)14-7-9-15(21)10-8-14/h7-10,12,17H,3-6,11,13H2,1-2H3,(H2,22,23,24)/t17-/m1/s1. The largest absolute Gasteiger partial charge is 0.368 e. The number of aromatic nitrogens is 2. The number of amides is 1. The van der Waals surface area contributed by atoms with Crippen LogP contribution in [0.2, 0.25) is 5.02 Å². The van der Waals surface area contributed by atoms with E-state index in [0.717, 1.165) is 49.3 Å². The molecule has 1 aromatic heterocycles. The second-order valence-electron chi connectivity index (χ2n) is 6.73. The number of nitrogen functional groups attached to an aromatic ring is 1. The molecule has 27 heavy (non-hydrogen) atoms. The SMILES string of the molecule is CCN(CC)C(=O)CN1CCC[C@@H]1c1nc(N)ncc1-c1ccc(Cl)cc1. The molecule has 2 aromatic rings. The first-order valence-corrected chi connectivity index (χ1v) is 9.81. The van der Waals surface area contributed by atoms with E-state index in [1.165, 1.54) is 0 Å². The highest BCUT2D eigenvalue weighted by atomic mass is 35.5. The molecule has 1 aromatic carbocycles. The lowest BCUT2D eigenvalue weighted by atomic mass is 10.00. The van der Waals surface area contributed by atoms with Crippen molar-refractivity contribution in [2.75, 3.05) is 31.9 Å². The highest BCUT2D eigenvalue weighted by molar-refractivity contribution is 6.30. The van der Waals surface area contributed by atoms with Crippen LogP contribution in [0.5, 0.6) is 0 Å². The third-order valence-electron chi connectivity index (χ3n) is 5.13. The number of hydrogen-bond acceptors (Lipinski definition) is 5. The van der Waals surface area contributed by atoms with Crippen LogP contribution in [-0.4, -0.2) is 51.9 Å². The van der Waals surface area contributed by atoms with Gasteiger partial charge in [0.2, 0.25) is 11.9 Å². The van der Waals surface area contributed by atoms with Crippen molar-refractivity contribution in [1.82, 2.24) is 19.8 Å². The molecule has 144 valence electrons. The zero-order chi connectivity index (χ0) is 19.4. The second kappa shape index (κ2) is 8.67. The van der Waals surface area contributed by atoms with Gasteiger partial charge in [-0.25, -0.2) is 9.97 Å². The maximum Gasteiger partial charge on any atom is 0.236 e. The average molecular weight is 388 g/mol. The van der Waals surface area contributed by atoms with Crippen LogP contribution in [0.4, 0.5) is 5.95 Å². The Hall–Kier alpha value is -2.18. The molecule has 1 atom stereocenters. The summed E-state index contributed by atoms with van der Waals surface area (Å²) >= 11 is 6.03. The van der Waals surface area contributed by atoms with Crippen LogP contribution in [0.25, 0.3) is 11.1 Å². The number of carbonyl (C=O) groups excluding carboxylic acids is 1. The summed E-state index contributed by atoms with van der Waals surface area (Å²) in [7, 11) is 0. The fourth-order valence-electron chi connectivity index (χ4n) is 3.69. The molecule has 1 saturated heterocycles. The highest BCUT2D eigenvalue weighted by Gasteiger charge is 2.31. The predicted molar refractivity (Wildman–Crippen MR) is 108 cm³/mol. The Bertz CT molecular complexity index is 791. The molecular formula is C20H26ClN5O.